The van der Waals surface area contributed by atoms with Gasteiger partial charge in [0, 0.05) is 12.5 Å². The van der Waals surface area contributed by atoms with Crippen molar-refractivity contribution in [3.8, 4) is 5.75 Å². The van der Waals surface area contributed by atoms with Crippen LogP contribution in [0.1, 0.15) is 129 Å². The first kappa shape index (κ1) is 27.2. The minimum Gasteiger partial charge on any atom is -0.426 e. The van der Waals surface area contributed by atoms with E-state index in [1.54, 1.807) is 12.1 Å². The molecule has 2 aliphatic rings. The van der Waals surface area contributed by atoms with Crippen LogP contribution in [0.15, 0.2) is 18.2 Å². The molecule has 192 valence electrons. The van der Waals surface area contributed by atoms with E-state index >= 15 is 0 Å². The highest BCUT2D eigenvalue weighted by atomic mass is 19.1. The van der Waals surface area contributed by atoms with Gasteiger partial charge in [-0.05, 0) is 73.8 Å². The van der Waals surface area contributed by atoms with Crippen molar-refractivity contribution in [3.05, 3.63) is 29.6 Å². The molecule has 0 radical (unpaired) electrons. The number of carbonyl (C=O) groups excluding carboxylic acids is 1. The first-order valence-electron chi connectivity index (χ1n) is 14.6. The van der Waals surface area contributed by atoms with Crippen molar-refractivity contribution in [1.82, 2.24) is 0 Å². The lowest BCUT2D eigenvalue weighted by molar-refractivity contribution is -0.134. The van der Waals surface area contributed by atoms with Gasteiger partial charge in [0.2, 0.25) is 0 Å². The monoisotopic (exact) mass is 472 g/mol. The minimum absolute atomic E-state index is 0.224. The highest BCUT2D eigenvalue weighted by Gasteiger charge is 2.30. The van der Waals surface area contributed by atoms with Gasteiger partial charge < -0.3 is 4.74 Å². The van der Waals surface area contributed by atoms with Gasteiger partial charge >= 0.3 is 5.97 Å². The lowest BCUT2D eigenvalue weighted by atomic mass is 9.68. The van der Waals surface area contributed by atoms with Crippen LogP contribution in [0.5, 0.6) is 5.75 Å². The number of hydrogen-bond acceptors (Lipinski definition) is 2. The zero-order chi connectivity index (χ0) is 24.2. The van der Waals surface area contributed by atoms with Gasteiger partial charge in [-0.2, -0.15) is 0 Å². The van der Waals surface area contributed by atoms with E-state index in [9.17, 15) is 9.18 Å². The summed E-state index contributed by atoms with van der Waals surface area (Å²) in [6.07, 6.45) is 22.5. The molecule has 0 N–H and O–H groups in total. The van der Waals surface area contributed by atoms with E-state index in [4.69, 9.17) is 4.74 Å². The fourth-order valence-electron chi connectivity index (χ4n) is 6.50. The molecule has 0 unspecified atom stereocenters. The van der Waals surface area contributed by atoms with Crippen molar-refractivity contribution in [3.63, 3.8) is 0 Å². The van der Waals surface area contributed by atoms with Crippen LogP contribution < -0.4 is 4.74 Å². The molecule has 0 saturated heterocycles. The highest BCUT2D eigenvalue weighted by Crippen LogP contribution is 2.43. The van der Waals surface area contributed by atoms with Crippen molar-refractivity contribution < 1.29 is 13.9 Å². The normalized spacial score (nSPS) is 25.3. The van der Waals surface area contributed by atoms with Crippen LogP contribution in [-0.2, 0) is 11.2 Å². The van der Waals surface area contributed by atoms with Gasteiger partial charge in [0.25, 0.3) is 0 Å². The summed E-state index contributed by atoms with van der Waals surface area (Å²) < 4.78 is 19.5. The molecule has 0 atom stereocenters. The summed E-state index contributed by atoms with van der Waals surface area (Å²) in [6.45, 7) is 4.32. The lowest BCUT2D eigenvalue weighted by Gasteiger charge is -2.38. The molecule has 0 amide bonds. The van der Waals surface area contributed by atoms with Gasteiger partial charge in [0.05, 0.1) is 0 Å². The summed E-state index contributed by atoms with van der Waals surface area (Å²) >= 11 is 0. The van der Waals surface area contributed by atoms with Crippen LogP contribution >= 0.6 is 0 Å². The molecule has 0 aromatic heterocycles. The number of aryl methyl sites for hydroxylation is 1. The predicted molar refractivity (Wildman–Crippen MR) is 140 cm³/mol. The third-order valence-electron chi connectivity index (χ3n) is 8.70. The molecule has 3 rings (SSSR count). The summed E-state index contributed by atoms with van der Waals surface area (Å²) in [5.74, 6) is 3.35. The van der Waals surface area contributed by atoms with E-state index in [0.717, 1.165) is 30.6 Å². The van der Waals surface area contributed by atoms with E-state index < -0.39 is 0 Å². The van der Waals surface area contributed by atoms with Crippen LogP contribution in [0.25, 0.3) is 0 Å². The van der Waals surface area contributed by atoms with Gasteiger partial charge in [-0.25, -0.2) is 4.39 Å². The Labute approximate surface area is 208 Å². The second-order valence-electron chi connectivity index (χ2n) is 11.3. The molecule has 0 spiro atoms. The molecule has 2 fully saturated rings. The molecule has 34 heavy (non-hydrogen) atoms. The number of benzene rings is 1. The number of esters is 1. The maximum Gasteiger partial charge on any atom is 0.311 e. The molecule has 3 heteroatoms. The van der Waals surface area contributed by atoms with E-state index in [0.29, 0.717) is 30.1 Å². The quantitative estimate of drug-likeness (QED) is 0.162. The molecule has 2 nitrogen and oxygen atoms in total. The number of halogens is 1. The highest BCUT2D eigenvalue weighted by molar-refractivity contribution is 5.72. The molecule has 1 aromatic carbocycles. The smallest absolute Gasteiger partial charge is 0.311 e. The van der Waals surface area contributed by atoms with E-state index in [1.807, 2.05) is 6.92 Å². The topological polar surface area (TPSA) is 26.3 Å². The average molecular weight is 473 g/mol. The fourth-order valence-corrected chi connectivity index (χ4v) is 6.50. The maximum absolute atomic E-state index is 14.1. The van der Waals surface area contributed by atoms with E-state index in [-0.39, 0.29) is 11.8 Å². The zero-order valence-corrected chi connectivity index (χ0v) is 22.0. The molecular formula is C31H49FO2. The Balaban J connectivity index is 1.28. The summed E-state index contributed by atoms with van der Waals surface area (Å²) in [5.41, 5.74) is 0.690. The SMILES string of the molecule is CCCCCCCC1CCC(C2CCC(CCC(=O)Oc3ccc(CCC)c(F)c3)CC2)CC1. The summed E-state index contributed by atoms with van der Waals surface area (Å²) in [6, 6.07) is 4.82. The maximum atomic E-state index is 14.1. The van der Waals surface area contributed by atoms with Crippen LogP contribution in [0.2, 0.25) is 0 Å². The zero-order valence-electron chi connectivity index (χ0n) is 22.0. The standard InChI is InChI=1S/C31H49FO2/c1-3-5-6-7-8-10-24-11-16-26(17-12-24)27-18-13-25(14-19-27)15-22-31(33)34-29-21-20-28(9-4-2)30(32)23-29/h20-21,23-27H,3-19,22H2,1-2H3. The first-order chi connectivity index (χ1) is 16.6. The van der Waals surface area contributed by atoms with Gasteiger partial charge in [0.15, 0.2) is 0 Å². The molecule has 0 aliphatic heterocycles. The van der Waals surface area contributed by atoms with Gasteiger partial charge in [0.1, 0.15) is 11.6 Å². The third kappa shape index (κ3) is 9.00. The summed E-state index contributed by atoms with van der Waals surface area (Å²) in [5, 5.41) is 0. The first-order valence-corrected chi connectivity index (χ1v) is 14.6. The van der Waals surface area contributed by atoms with Crippen molar-refractivity contribution in [2.24, 2.45) is 23.7 Å². The summed E-state index contributed by atoms with van der Waals surface area (Å²) in [7, 11) is 0. The number of ether oxygens (including phenoxy) is 1. The Morgan fingerprint density at radius 1 is 0.824 bits per heavy atom. The lowest BCUT2D eigenvalue weighted by Crippen LogP contribution is -2.26. The average Bonchev–Trinajstić information content (AvgIpc) is 2.85. The predicted octanol–water partition coefficient (Wildman–Crippen LogP) is 9.44. The van der Waals surface area contributed by atoms with Crippen molar-refractivity contribution in [2.75, 3.05) is 0 Å². The van der Waals surface area contributed by atoms with Crippen LogP contribution in [0.4, 0.5) is 4.39 Å². The molecule has 2 saturated carbocycles. The van der Waals surface area contributed by atoms with Gasteiger partial charge in [-0.15, -0.1) is 0 Å². The number of hydrogen-bond donors (Lipinski definition) is 0. The molecule has 0 heterocycles. The van der Waals surface area contributed by atoms with E-state index in [1.165, 1.54) is 96.0 Å². The van der Waals surface area contributed by atoms with Crippen LogP contribution in [-0.4, -0.2) is 5.97 Å². The second kappa shape index (κ2) is 14.9. The van der Waals surface area contributed by atoms with E-state index in [2.05, 4.69) is 6.92 Å². The largest absolute Gasteiger partial charge is 0.426 e. The molecule has 1 aromatic rings. The van der Waals surface area contributed by atoms with Crippen molar-refractivity contribution >= 4 is 5.97 Å². The van der Waals surface area contributed by atoms with Crippen LogP contribution in [0, 0.1) is 29.5 Å². The van der Waals surface area contributed by atoms with Crippen molar-refractivity contribution in [1.29, 1.82) is 0 Å². The Morgan fingerprint density at radius 2 is 1.44 bits per heavy atom. The number of rotatable bonds is 13. The Bertz CT molecular complexity index is 714. The van der Waals surface area contributed by atoms with Crippen LogP contribution in [0.3, 0.4) is 0 Å². The summed E-state index contributed by atoms with van der Waals surface area (Å²) in [4.78, 5) is 12.3. The number of unbranched alkanes of at least 4 members (excludes halogenated alkanes) is 4. The molecule has 0 bridgehead atoms. The Kier molecular flexibility index (Phi) is 11.9. The fraction of sp³-hybridized carbons (Fsp3) is 0.774. The van der Waals surface area contributed by atoms with Gasteiger partial charge in [-0.3, -0.25) is 4.79 Å². The second-order valence-corrected chi connectivity index (χ2v) is 11.3. The number of carbonyl (C=O) groups is 1. The Morgan fingerprint density at radius 3 is 2.03 bits per heavy atom. The minimum atomic E-state index is -0.272. The van der Waals surface area contributed by atoms with Crippen molar-refractivity contribution in [2.45, 2.75) is 129 Å². The Hall–Kier alpha value is -1.38. The third-order valence-corrected chi connectivity index (χ3v) is 8.70. The molecule has 2 aliphatic carbocycles. The molecular weight excluding hydrogens is 423 g/mol. The van der Waals surface area contributed by atoms with Gasteiger partial charge in [-0.1, -0.05) is 90.5 Å².